The summed E-state index contributed by atoms with van der Waals surface area (Å²) in [4.78, 5) is 19.3. The number of aryl methyl sites for hydroxylation is 1. The molecule has 1 aromatic heterocycles. The molecule has 0 bridgehead atoms. The Hall–Kier alpha value is -3.24. The lowest BCUT2D eigenvalue weighted by atomic mass is 9.96. The third kappa shape index (κ3) is 4.68. The number of nitriles is 1. The number of hydrogen-bond acceptors (Lipinski definition) is 6. The first-order valence-electron chi connectivity index (χ1n) is 10.7. The van der Waals surface area contributed by atoms with Crippen LogP contribution >= 0.6 is 12.2 Å². The van der Waals surface area contributed by atoms with Crippen molar-refractivity contribution in [1.29, 1.82) is 5.26 Å². The Morgan fingerprint density at radius 3 is 2.71 bits per heavy atom. The summed E-state index contributed by atoms with van der Waals surface area (Å²) >= 11 is 5.50. The van der Waals surface area contributed by atoms with Gasteiger partial charge in [-0.05, 0) is 55.2 Å². The van der Waals surface area contributed by atoms with E-state index in [9.17, 15) is 26.4 Å². The maximum atomic E-state index is 13.5. The molecule has 0 radical (unpaired) electrons. The lowest BCUT2D eigenvalue weighted by molar-refractivity contribution is -0.138. The average Bonchev–Trinajstić information content (AvgIpc) is 3.06. The Kier molecular flexibility index (Phi) is 6.46. The number of carbonyl (C=O) groups excluding carboxylic acids is 1. The number of sulfonamides is 1. The molecule has 1 unspecified atom stereocenters. The van der Waals surface area contributed by atoms with Gasteiger partial charge in [-0.1, -0.05) is 19.4 Å². The van der Waals surface area contributed by atoms with Crippen molar-refractivity contribution in [3.63, 3.8) is 0 Å². The quantitative estimate of drug-likeness (QED) is 0.571. The second-order valence-electron chi connectivity index (χ2n) is 8.20. The number of carbonyl (C=O) groups is 1. The number of anilines is 3. The highest BCUT2D eigenvalue weighted by Crippen LogP contribution is 2.41. The van der Waals surface area contributed by atoms with Crippen molar-refractivity contribution in [2.45, 2.75) is 44.8 Å². The fraction of sp³-hybridized carbons (Fsp3) is 0.364. The van der Waals surface area contributed by atoms with Crippen molar-refractivity contribution in [1.82, 2.24) is 4.98 Å². The Morgan fingerprint density at radius 2 is 2.06 bits per heavy atom. The Bertz CT molecular complexity index is 1360. The van der Waals surface area contributed by atoms with Crippen LogP contribution in [0.2, 0.25) is 0 Å². The minimum atomic E-state index is -4.85. The van der Waals surface area contributed by atoms with Gasteiger partial charge in [-0.3, -0.25) is 14.4 Å². The van der Waals surface area contributed by atoms with E-state index in [1.807, 2.05) is 6.92 Å². The van der Waals surface area contributed by atoms with Crippen LogP contribution in [0.15, 0.2) is 30.5 Å². The summed E-state index contributed by atoms with van der Waals surface area (Å²) in [5.41, 5.74) is -0.629. The van der Waals surface area contributed by atoms with Crippen LogP contribution < -0.4 is 14.5 Å². The van der Waals surface area contributed by atoms with Gasteiger partial charge in [0.2, 0.25) is 10.0 Å². The number of rotatable bonds is 6. The van der Waals surface area contributed by atoms with Crippen molar-refractivity contribution in [3.8, 4) is 6.07 Å². The first kappa shape index (κ1) is 24.9. The molecule has 0 aliphatic carbocycles. The van der Waals surface area contributed by atoms with Crippen molar-refractivity contribution < 1.29 is 26.4 Å². The standard InChI is InChI=1S/C22H20F3N5O3S2/c1-2-3-8-35(32,33)28-14-6-4-13-5-7-18-20(31)29(21(34)30(18)19(13)9-14)15-10-16(22(23,24)25)17(11-26)27-12-15/h4,6,9-10,12,18,28H,2-3,5,7-8H2,1H3. The lowest BCUT2D eigenvalue weighted by Gasteiger charge is -2.31. The Balaban J connectivity index is 1.70. The van der Waals surface area contributed by atoms with Crippen LogP contribution in [-0.4, -0.2) is 36.2 Å². The second-order valence-corrected chi connectivity index (χ2v) is 10.4. The summed E-state index contributed by atoms with van der Waals surface area (Å²) in [7, 11) is -3.57. The van der Waals surface area contributed by atoms with Crippen LogP contribution in [0.1, 0.15) is 43.0 Å². The van der Waals surface area contributed by atoms with E-state index in [2.05, 4.69) is 9.71 Å². The summed E-state index contributed by atoms with van der Waals surface area (Å²) in [5.74, 6) is -0.556. The fourth-order valence-corrected chi connectivity index (χ4v) is 5.84. The molecule has 1 atom stereocenters. The highest BCUT2D eigenvalue weighted by molar-refractivity contribution is 7.92. The number of unbranched alkanes of at least 4 members (excludes halogenated alkanes) is 1. The summed E-state index contributed by atoms with van der Waals surface area (Å²) in [6.07, 6.45) is -1.74. The smallest absolute Gasteiger partial charge is 0.305 e. The molecule has 2 aromatic rings. The number of nitrogens with one attached hydrogen (secondary N) is 1. The largest absolute Gasteiger partial charge is 0.419 e. The molecule has 3 heterocycles. The highest BCUT2D eigenvalue weighted by atomic mass is 32.2. The fourth-order valence-electron chi connectivity index (χ4n) is 4.16. The van der Waals surface area contributed by atoms with E-state index in [0.717, 1.165) is 16.7 Å². The molecule has 8 nitrogen and oxygen atoms in total. The molecule has 4 rings (SSSR count). The van der Waals surface area contributed by atoms with E-state index in [1.54, 1.807) is 18.2 Å². The molecule has 184 valence electrons. The molecule has 2 aliphatic rings. The number of alkyl halides is 3. The van der Waals surface area contributed by atoms with Crippen molar-refractivity contribution in [2.24, 2.45) is 0 Å². The number of halogens is 3. The van der Waals surface area contributed by atoms with Gasteiger partial charge < -0.3 is 4.90 Å². The van der Waals surface area contributed by atoms with E-state index in [-0.39, 0.29) is 16.6 Å². The molecule has 0 saturated carbocycles. The predicted molar refractivity (Wildman–Crippen MR) is 127 cm³/mol. The van der Waals surface area contributed by atoms with E-state index in [4.69, 9.17) is 17.5 Å². The topological polar surface area (TPSA) is 106 Å². The zero-order valence-corrected chi connectivity index (χ0v) is 20.1. The maximum Gasteiger partial charge on any atom is 0.419 e. The normalized spacial score (nSPS) is 17.7. The summed E-state index contributed by atoms with van der Waals surface area (Å²) in [5, 5.41) is 8.95. The molecule has 35 heavy (non-hydrogen) atoms. The number of fused-ring (bicyclic) bond motifs is 3. The minimum absolute atomic E-state index is 0.0369. The SMILES string of the molecule is CCCCS(=O)(=O)Nc1ccc2c(c1)N1C(=S)N(c3cnc(C#N)c(C(F)(F)F)c3)C(=O)C1CC2. The molecule has 1 fully saturated rings. The first-order valence-corrected chi connectivity index (χ1v) is 12.8. The highest BCUT2D eigenvalue weighted by Gasteiger charge is 2.47. The molecule has 1 amide bonds. The van der Waals surface area contributed by atoms with Crippen LogP contribution in [0.25, 0.3) is 0 Å². The van der Waals surface area contributed by atoms with Gasteiger partial charge in [0.1, 0.15) is 12.1 Å². The third-order valence-corrected chi connectivity index (χ3v) is 7.58. The van der Waals surface area contributed by atoms with Gasteiger partial charge in [0.25, 0.3) is 5.91 Å². The molecule has 0 spiro atoms. The van der Waals surface area contributed by atoms with Gasteiger partial charge in [0, 0.05) is 5.69 Å². The zero-order chi connectivity index (χ0) is 25.5. The average molecular weight is 524 g/mol. The number of pyridine rings is 1. The third-order valence-electron chi connectivity index (χ3n) is 5.83. The molecule has 13 heteroatoms. The number of hydrogen-bond donors (Lipinski definition) is 1. The summed E-state index contributed by atoms with van der Waals surface area (Å²) in [6, 6.07) is 6.28. The molecule has 2 aliphatic heterocycles. The number of amides is 1. The summed E-state index contributed by atoms with van der Waals surface area (Å²) < 4.78 is 67.6. The zero-order valence-electron chi connectivity index (χ0n) is 18.5. The Morgan fingerprint density at radius 1 is 1.31 bits per heavy atom. The monoisotopic (exact) mass is 523 g/mol. The van der Waals surface area contributed by atoms with Crippen LogP contribution in [-0.2, 0) is 27.4 Å². The summed E-state index contributed by atoms with van der Waals surface area (Å²) in [6.45, 7) is 1.88. The van der Waals surface area contributed by atoms with Crippen LogP contribution in [0.5, 0.6) is 0 Å². The van der Waals surface area contributed by atoms with Gasteiger partial charge in [0.15, 0.2) is 10.8 Å². The molecular weight excluding hydrogens is 503 g/mol. The second kappa shape index (κ2) is 9.09. The van der Waals surface area contributed by atoms with E-state index in [1.165, 1.54) is 11.0 Å². The van der Waals surface area contributed by atoms with Crippen molar-refractivity contribution >= 4 is 50.3 Å². The maximum absolute atomic E-state index is 13.5. The molecular formula is C22H20F3N5O3S2. The van der Waals surface area contributed by atoms with Gasteiger partial charge in [0.05, 0.1) is 28.9 Å². The van der Waals surface area contributed by atoms with Crippen molar-refractivity contribution in [3.05, 3.63) is 47.3 Å². The number of thiocarbonyl (C=S) groups is 1. The van der Waals surface area contributed by atoms with Crippen LogP contribution in [0, 0.1) is 11.3 Å². The van der Waals surface area contributed by atoms with Crippen molar-refractivity contribution in [2.75, 3.05) is 20.3 Å². The van der Waals surface area contributed by atoms with Gasteiger partial charge in [-0.15, -0.1) is 0 Å². The lowest BCUT2D eigenvalue weighted by Crippen LogP contribution is -2.39. The van der Waals surface area contributed by atoms with Crippen LogP contribution in [0.3, 0.4) is 0 Å². The predicted octanol–water partition coefficient (Wildman–Crippen LogP) is 3.97. The molecule has 1 saturated heterocycles. The van der Waals surface area contributed by atoms with Gasteiger partial charge in [-0.25, -0.2) is 13.4 Å². The van der Waals surface area contributed by atoms with Gasteiger partial charge >= 0.3 is 6.18 Å². The number of nitrogens with zero attached hydrogens (tertiary/aromatic N) is 4. The minimum Gasteiger partial charge on any atom is -0.305 e. The number of benzene rings is 1. The number of aromatic nitrogens is 1. The molecule has 1 N–H and O–H groups in total. The first-order chi connectivity index (χ1) is 16.5. The van der Waals surface area contributed by atoms with Crippen LogP contribution in [0.4, 0.5) is 30.2 Å². The van der Waals surface area contributed by atoms with E-state index < -0.39 is 39.4 Å². The van der Waals surface area contributed by atoms with E-state index in [0.29, 0.717) is 43.1 Å². The van der Waals surface area contributed by atoms with Gasteiger partial charge in [-0.2, -0.15) is 18.4 Å². The Labute approximate surface area is 205 Å². The van der Waals surface area contributed by atoms with E-state index >= 15 is 0 Å². The molecule has 1 aromatic carbocycles.